The first-order valence-corrected chi connectivity index (χ1v) is 8.45. The molecule has 0 aromatic rings. The molecular weight excluding hydrogens is 248 g/mol. The largest absolute Gasteiger partial charge is 0.370 e. The first-order valence-electron chi connectivity index (χ1n) is 8.45. The third-order valence-electron chi connectivity index (χ3n) is 4.76. The zero-order valence-corrected chi connectivity index (χ0v) is 13.4. The molecule has 4 nitrogen and oxygen atoms in total. The fraction of sp³-hybridized carbons (Fsp3) is 0.938. The number of nitrogens with zero attached hydrogens (tertiary/aromatic N) is 3. The molecule has 0 bridgehead atoms. The molecule has 4 heteroatoms. The molecule has 20 heavy (non-hydrogen) atoms. The lowest BCUT2D eigenvalue weighted by Gasteiger charge is -2.35. The molecule has 2 atom stereocenters. The first-order chi connectivity index (χ1) is 9.66. The summed E-state index contributed by atoms with van der Waals surface area (Å²) < 4.78 is 0. The maximum absolute atomic E-state index is 6.18. The highest BCUT2D eigenvalue weighted by Gasteiger charge is 2.20. The summed E-state index contributed by atoms with van der Waals surface area (Å²) in [6, 6.07) is 0.517. The standard InChI is InChI=1S/C16H32N4/c1-14-8-7-11-20(13-14)15(2)12-18-16(17)19-9-5-3-4-6-10-19/h14-15H,3-13H2,1-2H3,(H2,17,18). The predicted molar refractivity (Wildman–Crippen MR) is 86.0 cm³/mol. The molecule has 0 spiro atoms. The van der Waals surface area contributed by atoms with Crippen molar-refractivity contribution in [3.8, 4) is 0 Å². The molecule has 0 aliphatic carbocycles. The van der Waals surface area contributed by atoms with Crippen molar-refractivity contribution in [1.82, 2.24) is 9.80 Å². The Labute approximate surface area is 124 Å². The zero-order chi connectivity index (χ0) is 14.4. The molecule has 2 unspecified atom stereocenters. The van der Waals surface area contributed by atoms with Crippen molar-refractivity contribution >= 4 is 5.96 Å². The molecule has 2 rings (SSSR count). The van der Waals surface area contributed by atoms with Gasteiger partial charge in [-0.25, -0.2) is 0 Å². The summed E-state index contributed by atoms with van der Waals surface area (Å²) in [5.74, 6) is 1.60. The van der Waals surface area contributed by atoms with Gasteiger partial charge in [0.05, 0.1) is 6.54 Å². The van der Waals surface area contributed by atoms with Crippen molar-refractivity contribution in [1.29, 1.82) is 0 Å². The van der Waals surface area contributed by atoms with Crippen LogP contribution in [0.2, 0.25) is 0 Å². The van der Waals surface area contributed by atoms with Gasteiger partial charge in [-0.05, 0) is 45.1 Å². The normalized spacial score (nSPS) is 28.2. The SMILES string of the molecule is CC1CCCN(C(C)CN=C(N)N2CCCCCC2)C1. The van der Waals surface area contributed by atoms with Gasteiger partial charge in [0.15, 0.2) is 5.96 Å². The molecule has 2 N–H and O–H groups in total. The molecular formula is C16H32N4. The van der Waals surface area contributed by atoms with Gasteiger partial charge in [-0.15, -0.1) is 0 Å². The molecule has 2 aliphatic rings. The van der Waals surface area contributed by atoms with Gasteiger partial charge < -0.3 is 10.6 Å². The summed E-state index contributed by atoms with van der Waals surface area (Å²) in [6.07, 6.45) is 7.90. The molecule has 0 aromatic heterocycles. The summed E-state index contributed by atoms with van der Waals surface area (Å²) in [7, 11) is 0. The quantitative estimate of drug-likeness (QED) is 0.637. The highest BCUT2D eigenvalue weighted by molar-refractivity contribution is 5.78. The molecule has 2 aliphatic heterocycles. The van der Waals surface area contributed by atoms with Crippen LogP contribution in [0.1, 0.15) is 52.4 Å². The fourth-order valence-electron chi connectivity index (χ4n) is 3.37. The Bertz CT molecular complexity index is 308. The molecule has 0 radical (unpaired) electrons. The monoisotopic (exact) mass is 280 g/mol. The lowest BCUT2D eigenvalue weighted by Crippen LogP contribution is -2.43. The Hall–Kier alpha value is -0.770. The molecule has 2 saturated heterocycles. The van der Waals surface area contributed by atoms with Crippen LogP contribution in [0, 0.1) is 5.92 Å². The Balaban J connectivity index is 1.80. The summed E-state index contributed by atoms with van der Waals surface area (Å²) >= 11 is 0. The van der Waals surface area contributed by atoms with E-state index in [-0.39, 0.29) is 0 Å². The van der Waals surface area contributed by atoms with E-state index in [1.54, 1.807) is 0 Å². The minimum absolute atomic E-state index is 0.517. The van der Waals surface area contributed by atoms with Crippen LogP contribution in [0.15, 0.2) is 4.99 Å². The minimum Gasteiger partial charge on any atom is -0.370 e. The van der Waals surface area contributed by atoms with Crippen LogP contribution >= 0.6 is 0 Å². The Morgan fingerprint density at radius 3 is 2.50 bits per heavy atom. The molecule has 0 saturated carbocycles. The van der Waals surface area contributed by atoms with Gasteiger partial charge in [-0.3, -0.25) is 9.89 Å². The second kappa shape index (κ2) is 7.87. The highest BCUT2D eigenvalue weighted by atomic mass is 15.3. The van der Waals surface area contributed by atoms with Crippen LogP contribution in [-0.2, 0) is 0 Å². The van der Waals surface area contributed by atoms with Crippen LogP contribution < -0.4 is 5.73 Å². The second-order valence-corrected chi connectivity index (χ2v) is 6.69. The molecule has 0 aromatic carbocycles. The average molecular weight is 280 g/mol. The Morgan fingerprint density at radius 1 is 1.15 bits per heavy atom. The van der Waals surface area contributed by atoms with Gasteiger partial charge in [0.1, 0.15) is 0 Å². The van der Waals surface area contributed by atoms with Crippen molar-refractivity contribution in [3.63, 3.8) is 0 Å². The lowest BCUT2D eigenvalue weighted by molar-refractivity contribution is 0.142. The van der Waals surface area contributed by atoms with E-state index in [0.717, 1.165) is 31.5 Å². The molecule has 0 amide bonds. The topological polar surface area (TPSA) is 44.9 Å². The molecule has 2 heterocycles. The van der Waals surface area contributed by atoms with Crippen LogP contribution in [-0.4, -0.2) is 54.5 Å². The second-order valence-electron chi connectivity index (χ2n) is 6.69. The molecule has 2 fully saturated rings. The van der Waals surface area contributed by atoms with Crippen molar-refractivity contribution in [3.05, 3.63) is 0 Å². The third-order valence-corrected chi connectivity index (χ3v) is 4.76. The van der Waals surface area contributed by atoms with Crippen LogP contribution in [0.5, 0.6) is 0 Å². The van der Waals surface area contributed by atoms with E-state index in [9.17, 15) is 0 Å². The Kier molecular flexibility index (Phi) is 6.14. The highest BCUT2D eigenvalue weighted by Crippen LogP contribution is 2.17. The number of guanidine groups is 1. The fourth-order valence-corrected chi connectivity index (χ4v) is 3.37. The number of hydrogen-bond acceptors (Lipinski definition) is 2. The summed E-state index contributed by atoms with van der Waals surface area (Å²) in [5, 5.41) is 0. The van der Waals surface area contributed by atoms with Gasteiger partial charge in [-0.1, -0.05) is 19.8 Å². The summed E-state index contributed by atoms with van der Waals surface area (Å²) in [6.45, 7) is 10.1. The smallest absolute Gasteiger partial charge is 0.191 e. The number of rotatable bonds is 3. The molecule has 116 valence electrons. The van der Waals surface area contributed by atoms with Gasteiger partial charge in [0.25, 0.3) is 0 Å². The zero-order valence-electron chi connectivity index (χ0n) is 13.4. The number of likely N-dealkylation sites (tertiary alicyclic amines) is 2. The van der Waals surface area contributed by atoms with E-state index in [2.05, 4.69) is 28.6 Å². The summed E-state index contributed by atoms with van der Waals surface area (Å²) in [4.78, 5) is 9.52. The first kappa shape index (κ1) is 15.6. The number of aliphatic imine (C=N–C) groups is 1. The number of nitrogens with two attached hydrogens (primary N) is 1. The van der Waals surface area contributed by atoms with Gasteiger partial charge in [0, 0.05) is 25.7 Å². The Morgan fingerprint density at radius 2 is 1.85 bits per heavy atom. The maximum Gasteiger partial charge on any atom is 0.191 e. The van der Waals surface area contributed by atoms with Gasteiger partial charge in [0.2, 0.25) is 0 Å². The van der Waals surface area contributed by atoms with Crippen molar-refractivity contribution < 1.29 is 0 Å². The van der Waals surface area contributed by atoms with E-state index in [0.29, 0.717) is 6.04 Å². The van der Waals surface area contributed by atoms with E-state index in [1.807, 2.05) is 0 Å². The van der Waals surface area contributed by atoms with Crippen LogP contribution in [0.4, 0.5) is 0 Å². The van der Waals surface area contributed by atoms with E-state index in [4.69, 9.17) is 5.73 Å². The summed E-state index contributed by atoms with van der Waals surface area (Å²) in [5.41, 5.74) is 6.18. The van der Waals surface area contributed by atoms with Gasteiger partial charge in [-0.2, -0.15) is 0 Å². The van der Waals surface area contributed by atoms with Crippen LogP contribution in [0.25, 0.3) is 0 Å². The van der Waals surface area contributed by atoms with E-state index < -0.39 is 0 Å². The van der Waals surface area contributed by atoms with Crippen molar-refractivity contribution in [2.75, 3.05) is 32.7 Å². The third kappa shape index (κ3) is 4.65. The van der Waals surface area contributed by atoms with Gasteiger partial charge >= 0.3 is 0 Å². The van der Waals surface area contributed by atoms with E-state index >= 15 is 0 Å². The maximum atomic E-state index is 6.18. The van der Waals surface area contributed by atoms with Crippen molar-refractivity contribution in [2.24, 2.45) is 16.6 Å². The van der Waals surface area contributed by atoms with Crippen LogP contribution in [0.3, 0.4) is 0 Å². The average Bonchev–Trinajstić information content (AvgIpc) is 2.73. The predicted octanol–water partition coefficient (Wildman–Crippen LogP) is 2.30. The minimum atomic E-state index is 0.517. The number of hydrogen-bond donors (Lipinski definition) is 1. The van der Waals surface area contributed by atoms with E-state index in [1.165, 1.54) is 51.6 Å². The lowest BCUT2D eigenvalue weighted by atomic mass is 9.99. The number of piperidine rings is 1. The van der Waals surface area contributed by atoms with Crippen molar-refractivity contribution in [2.45, 2.75) is 58.4 Å².